The summed E-state index contributed by atoms with van der Waals surface area (Å²) >= 11 is 2.11. The number of hydrogen-bond acceptors (Lipinski definition) is 6. The Hall–Kier alpha value is -2.65. The van der Waals surface area contributed by atoms with E-state index in [0.717, 1.165) is 3.57 Å². The lowest BCUT2D eigenvalue weighted by Gasteiger charge is -2.27. The van der Waals surface area contributed by atoms with Crippen molar-refractivity contribution in [1.82, 2.24) is 0 Å². The summed E-state index contributed by atoms with van der Waals surface area (Å²) in [5.41, 5.74) is 6.99. The van der Waals surface area contributed by atoms with Crippen molar-refractivity contribution in [1.29, 1.82) is 5.26 Å². The molecule has 1 aromatic carbocycles. The van der Waals surface area contributed by atoms with Crippen LogP contribution in [0.1, 0.15) is 25.3 Å². The number of rotatable bonds is 5. The third-order valence-electron chi connectivity index (χ3n) is 3.70. The predicted molar refractivity (Wildman–Crippen MR) is 103 cm³/mol. The maximum atomic E-state index is 12.5. The van der Waals surface area contributed by atoms with Gasteiger partial charge in [0.15, 0.2) is 0 Å². The van der Waals surface area contributed by atoms with E-state index < -0.39 is 11.9 Å². The minimum absolute atomic E-state index is 0.0225. The summed E-state index contributed by atoms with van der Waals surface area (Å²) < 4.78 is 16.8. The molecule has 2 rings (SSSR count). The van der Waals surface area contributed by atoms with Gasteiger partial charge in [-0.15, -0.1) is 6.42 Å². The monoisotopic (exact) mass is 464 g/mol. The van der Waals surface area contributed by atoms with Gasteiger partial charge in [-0.1, -0.05) is 12.0 Å². The molecule has 0 radical (unpaired) electrons. The van der Waals surface area contributed by atoms with Crippen molar-refractivity contribution in [2.75, 3.05) is 13.2 Å². The molecule has 0 amide bonds. The van der Waals surface area contributed by atoms with E-state index >= 15 is 0 Å². The molecule has 0 saturated carbocycles. The summed E-state index contributed by atoms with van der Waals surface area (Å²) in [6.45, 7) is 3.69. The van der Waals surface area contributed by atoms with Crippen LogP contribution in [0.15, 0.2) is 41.0 Å². The number of halogens is 1. The number of allylic oxidation sites excluding steroid dienone is 2. The van der Waals surface area contributed by atoms with Gasteiger partial charge in [0, 0.05) is 0 Å². The van der Waals surface area contributed by atoms with Gasteiger partial charge in [0.2, 0.25) is 5.88 Å². The summed E-state index contributed by atoms with van der Waals surface area (Å²) in [7, 11) is 0. The molecule has 1 aromatic rings. The number of carbonyl (C=O) groups excluding carboxylic acids is 1. The van der Waals surface area contributed by atoms with Crippen LogP contribution in [-0.4, -0.2) is 19.2 Å². The third-order valence-corrected chi connectivity index (χ3v) is 4.54. The van der Waals surface area contributed by atoms with E-state index in [2.05, 4.69) is 28.5 Å². The molecule has 0 fully saturated rings. The lowest BCUT2D eigenvalue weighted by atomic mass is 9.83. The quantitative estimate of drug-likeness (QED) is 0.409. The van der Waals surface area contributed by atoms with E-state index in [9.17, 15) is 10.1 Å². The van der Waals surface area contributed by atoms with Crippen molar-refractivity contribution in [3.8, 4) is 24.2 Å². The summed E-state index contributed by atoms with van der Waals surface area (Å²) in [6.07, 6.45) is 5.22. The van der Waals surface area contributed by atoms with Crippen LogP contribution in [0.25, 0.3) is 0 Å². The fourth-order valence-corrected chi connectivity index (χ4v) is 3.32. The van der Waals surface area contributed by atoms with Crippen LogP contribution in [0.3, 0.4) is 0 Å². The number of carbonyl (C=O) groups is 1. The molecule has 1 aliphatic rings. The number of benzene rings is 1. The first-order chi connectivity index (χ1) is 12.4. The number of esters is 1. The number of hydrogen-bond donors (Lipinski definition) is 1. The van der Waals surface area contributed by atoms with Gasteiger partial charge in [-0.3, -0.25) is 0 Å². The largest absolute Gasteiger partial charge is 0.480 e. The van der Waals surface area contributed by atoms with Crippen molar-refractivity contribution in [3.63, 3.8) is 0 Å². The van der Waals surface area contributed by atoms with E-state index in [1.54, 1.807) is 26.0 Å². The van der Waals surface area contributed by atoms with Gasteiger partial charge < -0.3 is 19.9 Å². The molecule has 1 atom stereocenters. The van der Waals surface area contributed by atoms with E-state index in [4.69, 9.17) is 26.4 Å². The number of nitrogens with zero attached hydrogens (tertiary/aromatic N) is 1. The van der Waals surface area contributed by atoms with Gasteiger partial charge in [0.25, 0.3) is 0 Å². The second kappa shape index (κ2) is 8.63. The van der Waals surface area contributed by atoms with Crippen LogP contribution in [0.5, 0.6) is 5.75 Å². The molecule has 0 aromatic heterocycles. The number of nitrogens with two attached hydrogens (primary N) is 1. The van der Waals surface area contributed by atoms with E-state index in [0.29, 0.717) is 17.1 Å². The Balaban J connectivity index is 2.55. The summed E-state index contributed by atoms with van der Waals surface area (Å²) in [5, 5.41) is 9.56. The molecular weight excluding hydrogens is 447 g/mol. The second-order valence-corrected chi connectivity index (χ2v) is 6.46. The molecule has 0 bridgehead atoms. The van der Waals surface area contributed by atoms with Crippen LogP contribution >= 0.6 is 22.6 Å². The van der Waals surface area contributed by atoms with Gasteiger partial charge in [0.05, 0.1) is 21.7 Å². The molecule has 0 spiro atoms. The highest BCUT2D eigenvalue weighted by Crippen LogP contribution is 2.40. The van der Waals surface area contributed by atoms with Gasteiger partial charge in [-0.25, -0.2) is 4.79 Å². The zero-order chi connectivity index (χ0) is 19.3. The maximum Gasteiger partial charge on any atom is 0.338 e. The molecule has 1 aliphatic heterocycles. The molecule has 1 unspecified atom stereocenters. The zero-order valence-electron chi connectivity index (χ0n) is 14.3. The SMILES string of the molecule is C#CCOc1ccc(C2C(C#N)=C(N)OC(C)=C2C(=O)OCC)cc1I. The molecule has 0 aliphatic carbocycles. The van der Waals surface area contributed by atoms with Crippen molar-refractivity contribution in [3.05, 3.63) is 50.1 Å². The highest BCUT2D eigenvalue weighted by Gasteiger charge is 2.36. The Morgan fingerprint density at radius 2 is 2.23 bits per heavy atom. The van der Waals surface area contributed by atoms with Crippen molar-refractivity contribution < 1.29 is 19.0 Å². The number of nitriles is 1. The van der Waals surface area contributed by atoms with Crippen molar-refractivity contribution >= 4 is 28.6 Å². The first kappa shape index (κ1) is 19.7. The van der Waals surface area contributed by atoms with Gasteiger partial charge >= 0.3 is 5.97 Å². The Bertz CT molecular complexity index is 875. The van der Waals surface area contributed by atoms with Crippen molar-refractivity contribution in [2.24, 2.45) is 5.73 Å². The Morgan fingerprint density at radius 3 is 2.81 bits per heavy atom. The van der Waals surface area contributed by atoms with Crippen LogP contribution in [0.4, 0.5) is 0 Å². The third kappa shape index (κ3) is 3.94. The fourth-order valence-electron chi connectivity index (χ4n) is 2.62. The molecule has 1 heterocycles. The summed E-state index contributed by atoms with van der Waals surface area (Å²) in [4.78, 5) is 12.5. The number of ether oxygens (including phenoxy) is 3. The fraction of sp³-hybridized carbons (Fsp3) is 0.263. The molecule has 7 heteroatoms. The lowest BCUT2D eigenvalue weighted by molar-refractivity contribution is -0.139. The highest BCUT2D eigenvalue weighted by molar-refractivity contribution is 14.1. The second-order valence-electron chi connectivity index (χ2n) is 5.30. The topological polar surface area (TPSA) is 94.6 Å². The number of terminal acetylenes is 1. The standard InChI is InChI=1S/C19H17IN2O4/c1-4-8-25-15-7-6-12(9-14(15)20)17-13(10-21)18(22)26-11(3)16(17)19(23)24-5-2/h1,6-7,9,17H,5,8,22H2,2-3H3. The van der Waals surface area contributed by atoms with E-state index in [1.807, 2.05) is 12.1 Å². The van der Waals surface area contributed by atoms with Crippen LogP contribution in [0.2, 0.25) is 0 Å². The average Bonchev–Trinajstić information content (AvgIpc) is 2.60. The molecule has 2 N–H and O–H groups in total. The molecule has 134 valence electrons. The molecule has 0 saturated heterocycles. The Morgan fingerprint density at radius 1 is 1.50 bits per heavy atom. The van der Waals surface area contributed by atoms with E-state index in [1.165, 1.54) is 0 Å². The molecule has 6 nitrogen and oxygen atoms in total. The Labute approximate surface area is 165 Å². The van der Waals surface area contributed by atoms with Crippen LogP contribution in [0, 0.1) is 27.2 Å². The van der Waals surface area contributed by atoms with E-state index in [-0.39, 0.29) is 30.2 Å². The zero-order valence-corrected chi connectivity index (χ0v) is 16.5. The minimum atomic E-state index is -0.678. The van der Waals surface area contributed by atoms with Crippen molar-refractivity contribution in [2.45, 2.75) is 19.8 Å². The van der Waals surface area contributed by atoms with Gasteiger partial charge in [0.1, 0.15) is 29.8 Å². The maximum absolute atomic E-state index is 12.5. The smallest absolute Gasteiger partial charge is 0.338 e. The summed E-state index contributed by atoms with van der Waals surface area (Å²) in [6, 6.07) is 7.37. The first-order valence-corrected chi connectivity index (χ1v) is 8.83. The van der Waals surface area contributed by atoms with Crippen LogP contribution < -0.4 is 10.5 Å². The highest BCUT2D eigenvalue weighted by atomic mass is 127. The summed E-state index contributed by atoms with van der Waals surface area (Å²) in [5.74, 6) is 2.09. The minimum Gasteiger partial charge on any atom is -0.480 e. The van der Waals surface area contributed by atoms with Gasteiger partial charge in [-0.2, -0.15) is 5.26 Å². The predicted octanol–water partition coefficient (Wildman–Crippen LogP) is 2.95. The normalized spacial score (nSPS) is 16.4. The molecular formula is C19H17IN2O4. The van der Waals surface area contributed by atoms with Gasteiger partial charge in [-0.05, 0) is 54.1 Å². The van der Waals surface area contributed by atoms with Crippen LogP contribution in [-0.2, 0) is 14.3 Å². The lowest BCUT2D eigenvalue weighted by Crippen LogP contribution is -2.25. The Kier molecular flexibility index (Phi) is 6.53. The first-order valence-electron chi connectivity index (χ1n) is 7.75. The molecule has 26 heavy (non-hydrogen) atoms. The average molecular weight is 464 g/mol.